The van der Waals surface area contributed by atoms with Crippen LogP contribution in [0.2, 0.25) is 0 Å². The molecular formula is C11H13N5O2. The van der Waals surface area contributed by atoms with Crippen molar-refractivity contribution >= 4 is 35.6 Å². The number of carbonyl (C=O) groups is 2. The minimum atomic E-state index is 0.155. The lowest BCUT2D eigenvalue weighted by molar-refractivity contribution is -0.106. The monoisotopic (exact) mass is 247 g/mol. The van der Waals surface area contributed by atoms with Crippen molar-refractivity contribution in [2.75, 3.05) is 10.6 Å². The van der Waals surface area contributed by atoms with E-state index in [9.17, 15) is 9.59 Å². The molecule has 94 valence electrons. The molecule has 2 amide bonds. The first kappa shape index (κ1) is 12.0. The molecule has 7 nitrogen and oxygen atoms in total. The molecule has 2 N–H and O–H groups in total. The molecule has 2 heterocycles. The summed E-state index contributed by atoms with van der Waals surface area (Å²) in [5.74, 6) is 0.529. The van der Waals surface area contributed by atoms with Gasteiger partial charge in [0, 0.05) is 12.2 Å². The zero-order valence-electron chi connectivity index (χ0n) is 10.0. The van der Waals surface area contributed by atoms with Crippen LogP contribution in [0.15, 0.2) is 12.3 Å². The van der Waals surface area contributed by atoms with Crippen LogP contribution in [0.4, 0.5) is 11.8 Å². The van der Waals surface area contributed by atoms with Gasteiger partial charge in [0.05, 0.1) is 5.39 Å². The Balaban J connectivity index is 2.66. The van der Waals surface area contributed by atoms with Crippen molar-refractivity contribution < 1.29 is 9.59 Å². The van der Waals surface area contributed by atoms with E-state index < -0.39 is 0 Å². The van der Waals surface area contributed by atoms with Crippen molar-refractivity contribution in [1.29, 1.82) is 0 Å². The van der Waals surface area contributed by atoms with Crippen molar-refractivity contribution in [1.82, 2.24) is 14.5 Å². The minimum Gasteiger partial charge on any atom is -0.330 e. The molecule has 0 saturated carbocycles. The Kier molecular flexibility index (Phi) is 3.22. The Morgan fingerprint density at radius 3 is 2.56 bits per heavy atom. The summed E-state index contributed by atoms with van der Waals surface area (Å²) in [6.45, 7) is 4.03. The van der Waals surface area contributed by atoms with E-state index in [1.54, 1.807) is 0 Å². The van der Waals surface area contributed by atoms with Crippen LogP contribution in [0.25, 0.3) is 11.0 Å². The first-order valence-corrected chi connectivity index (χ1v) is 5.46. The van der Waals surface area contributed by atoms with Crippen LogP contribution in [0.1, 0.15) is 19.9 Å². The third-order valence-electron chi connectivity index (χ3n) is 2.51. The summed E-state index contributed by atoms with van der Waals surface area (Å²) in [4.78, 5) is 29.3. The molecule has 7 heteroatoms. The Hall–Kier alpha value is -2.44. The molecule has 0 spiro atoms. The van der Waals surface area contributed by atoms with Gasteiger partial charge in [0.1, 0.15) is 11.5 Å². The quantitative estimate of drug-likeness (QED) is 0.775. The van der Waals surface area contributed by atoms with Gasteiger partial charge in [0.2, 0.25) is 18.8 Å². The number of aromatic nitrogens is 3. The van der Waals surface area contributed by atoms with Gasteiger partial charge in [-0.3, -0.25) is 14.9 Å². The second kappa shape index (κ2) is 4.82. The van der Waals surface area contributed by atoms with Gasteiger partial charge in [-0.05, 0) is 19.9 Å². The molecule has 0 saturated heterocycles. The van der Waals surface area contributed by atoms with Crippen LogP contribution >= 0.6 is 0 Å². The van der Waals surface area contributed by atoms with E-state index in [0.29, 0.717) is 24.3 Å². The van der Waals surface area contributed by atoms with Crippen LogP contribution in [-0.4, -0.2) is 27.4 Å². The zero-order valence-corrected chi connectivity index (χ0v) is 10.0. The van der Waals surface area contributed by atoms with Crippen LogP contribution < -0.4 is 10.6 Å². The van der Waals surface area contributed by atoms with Crippen molar-refractivity contribution in [3.05, 3.63) is 12.3 Å². The van der Waals surface area contributed by atoms with Gasteiger partial charge in [-0.15, -0.1) is 0 Å². The zero-order chi connectivity index (χ0) is 13.1. The summed E-state index contributed by atoms with van der Waals surface area (Å²) in [6, 6.07) is 2.04. The highest BCUT2D eigenvalue weighted by atomic mass is 16.1. The summed E-state index contributed by atoms with van der Waals surface area (Å²) >= 11 is 0. The van der Waals surface area contributed by atoms with E-state index in [-0.39, 0.29) is 12.0 Å². The lowest BCUT2D eigenvalue weighted by Gasteiger charge is -2.10. The Morgan fingerprint density at radius 1 is 1.22 bits per heavy atom. The fraction of sp³-hybridized carbons (Fsp3) is 0.273. The van der Waals surface area contributed by atoms with Gasteiger partial charge in [0.15, 0.2) is 0 Å². The number of amides is 2. The molecule has 0 aliphatic heterocycles. The molecule has 0 radical (unpaired) electrons. The maximum atomic E-state index is 10.6. The molecule has 2 aromatic rings. The van der Waals surface area contributed by atoms with Crippen LogP contribution in [0, 0.1) is 0 Å². The average molecular weight is 247 g/mol. The Labute approximate surface area is 103 Å². The van der Waals surface area contributed by atoms with Gasteiger partial charge < -0.3 is 9.88 Å². The van der Waals surface area contributed by atoms with Gasteiger partial charge in [0.25, 0.3) is 0 Å². The second-order valence-corrected chi connectivity index (χ2v) is 3.97. The lowest BCUT2D eigenvalue weighted by Crippen LogP contribution is -2.07. The highest BCUT2D eigenvalue weighted by Crippen LogP contribution is 2.25. The topological polar surface area (TPSA) is 88.9 Å². The molecule has 0 aromatic carbocycles. The summed E-state index contributed by atoms with van der Waals surface area (Å²) < 4.78 is 1.93. The van der Waals surface area contributed by atoms with Crippen LogP contribution in [-0.2, 0) is 9.59 Å². The largest absolute Gasteiger partial charge is 0.330 e. The third-order valence-corrected chi connectivity index (χ3v) is 2.51. The van der Waals surface area contributed by atoms with E-state index in [1.807, 2.05) is 30.7 Å². The van der Waals surface area contributed by atoms with E-state index in [0.717, 1.165) is 5.39 Å². The number of nitrogens with zero attached hydrogens (tertiary/aromatic N) is 3. The van der Waals surface area contributed by atoms with Gasteiger partial charge in [-0.25, -0.2) is 0 Å². The van der Waals surface area contributed by atoms with E-state index >= 15 is 0 Å². The number of carbonyl (C=O) groups excluding carboxylic acids is 2. The van der Waals surface area contributed by atoms with Gasteiger partial charge in [-0.1, -0.05) is 0 Å². The third kappa shape index (κ3) is 2.02. The smallest absolute Gasteiger partial charge is 0.233 e. The molecule has 0 bridgehead atoms. The fourth-order valence-corrected chi connectivity index (χ4v) is 1.73. The molecule has 0 atom stereocenters. The molecule has 0 fully saturated rings. The molecule has 18 heavy (non-hydrogen) atoms. The first-order valence-electron chi connectivity index (χ1n) is 5.46. The van der Waals surface area contributed by atoms with Crippen LogP contribution in [0.3, 0.4) is 0 Å². The molecule has 2 aromatic heterocycles. The molecule has 0 aliphatic rings. The summed E-state index contributed by atoms with van der Waals surface area (Å²) in [5, 5.41) is 5.61. The fourth-order valence-electron chi connectivity index (χ4n) is 1.73. The van der Waals surface area contributed by atoms with E-state index in [4.69, 9.17) is 0 Å². The SMILES string of the molecule is CC(C)n1ccc2c(NC=O)nc(NC=O)nc21. The maximum Gasteiger partial charge on any atom is 0.233 e. The standard InChI is InChI=1S/C11H13N5O2/c1-7(2)16-4-3-8-9(12-5-17)14-11(13-6-18)15-10(8)16/h3-7H,1-2H3,(H2,12,13,14,15,17,18). The van der Waals surface area contributed by atoms with Crippen molar-refractivity contribution in [2.24, 2.45) is 0 Å². The predicted molar refractivity (Wildman–Crippen MR) is 67.3 cm³/mol. The molecule has 0 aliphatic carbocycles. The number of nitrogens with one attached hydrogen (secondary N) is 2. The molecule has 2 rings (SSSR count). The lowest BCUT2D eigenvalue weighted by atomic mass is 10.3. The molecular weight excluding hydrogens is 234 g/mol. The highest BCUT2D eigenvalue weighted by Gasteiger charge is 2.12. The van der Waals surface area contributed by atoms with Crippen LogP contribution in [0.5, 0.6) is 0 Å². The van der Waals surface area contributed by atoms with Crippen molar-refractivity contribution in [3.8, 4) is 0 Å². The highest BCUT2D eigenvalue weighted by molar-refractivity contribution is 5.93. The number of rotatable bonds is 5. The summed E-state index contributed by atoms with van der Waals surface area (Å²) in [5.41, 5.74) is 0.661. The first-order chi connectivity index (χ1) is 8.67. The predicted octanol–water partition coefficient (Wildman–Crippen LogP) is 1.15. The Morgan fingerprint density at radius 2 is 1.94 bits per heavy atom. The molecule has 0 unspecified atom stereocenters. The second-order valence-electron chi connectivity index (χ2n) is 3.97. The average Bonchev–Trinajstić information content (AvgIpc) is 2.73. The maximum absolute atomic E-state index is 10.6. The van der Waals surface area contributed by atoms with Gasteiger partial charge >= 0.3 is 0 Å². The normalized spacial score (nSPS) is 10.6. The number of anilines is 2. The van der Waals surface area contributed by atoms with E-state index in [1.165, 1.54) is 0 Å². The van der Waals surface area contributed by atoms with E-state index in [2.05, 4.69) is 20.6 Å². The summed E-state index contributed by atoms with van der Waals surface area (Å²) in [7, 11) is 0. The van der Waals surface area contributed by atoms with Crippen molar-refractivity contribution in [3.63, 3.8) is 0 Å². The number of hydrogen-bond donors (Lipinski definition) is 2. The number of fused-ring (bicyclic) bond motifs is 1. The number of hydrogen-bond acceptors (Lipinski definition) is 4. The minimum absolute atomic E-state index is 0.155. The van der Waals surface area contributed by atoms with Gasteiger partial charge in [-0.2, -0.15) is 9.97 Å². The van der Waals surface area contributed by atoms with Crippen molar-refractivity contribution in [2.45, 2.75) is 19.9 Å². The Bertz CT molecular complexity index is 590. The summed E-state index contributed by atoms with van der Waals surface area (Å²) in [6.07, 6.45) is 2.90.